The molecule has 1 fully saturated rings. The summed E-state index contributed by atoms with van der Waals surface area (Å²) in [5.74, 6) is 0.630. The Hall–Kier alpha value is 0.210. The van der Waals surface area contributed by atoms with Crippen LogP contribution in [0.3, 0.4) is 0 Å². The summed E-state index contributed by atoms with van der Waals surface area (Å²) in [4.78, 5) is 0. The molecule has 1 heterocycles. The van der Waals surface area contributed by atoms with Crippen LogP contribution < -0.4 is 5.32 Å². The Morgan fingerprint density at radius 3 is 2.47 bits per heavy atom. The Labute approximate surface area is 111 Å². The predicted octanol–water partition coefficient (Wildman–Crippen LogP) is 3.58. The Morgan fingerprint density at radius 1 is 1.35 bits per heavy atom. The molecule has 1 aliphatic heterocycles. The zero-order valence-electron chi connectivity index (χ0n) is 11.8. The van der Waals surface area contributed by atoms with E-state index in [1.54, 1.807) is 0 Å². The maximum Gasteiger partial charge on any atom is 0.0707 e. The van der Waals surface area contributed by atoms with Gasteiger partial charge in [0.15, 0.2) is 0 Å². The first-order valence-corrected chi connectivity index (χ1v) is 7.44. The quantitative estimate of drug-likeness (QED) is 0.708. The van der Waals surface area contributed by atoms with Crippen molar-refractivity contribution in [2.24, 2.45) is 5.92 Å². The second kappa shape index (κ2) is 6.96. The molecule has 0 aromatic heterocycles. The van der Waals surface area contributed by atoms with Gasteiger partial charge in [0.2, 0.25) is 0 Å². The summed E-state index contributed by atoms with van der Waals surface area (Å²) in [6.45, 7) is 10.6. The van der Waals surface area contributed by atoms with Gasteiger partial charge in [0.05, 0.1) is 11.7 Å². The van der Waals surface area contributed by atoms with Crippen molar-refractivity contribution in [3.05, 3.63) is 0 Å². The summed E-state index contributed by atoms with van der Waals surface area (Å²) in [7, 11) is 0. The molecular weight excluding hydrogens is 234 g/mol. The largest absolute Gasteiger partial charge is 0.371 e. The average Bonchev–Trinajstić information content (AvgIpc) is 2.60. The van der Waals surface area contributed by atoms with Gasteiger partial charge in [-0.2, -0.15) is 0 Å². The van der Waals surface area contributed by atoms with E-state index in [1.807, 2.05) is 0 Å². The highest BCUT2D eigenvalue weighted by molar-refractivity contribution is 6.21. The van der Waals surface area contributed by atoms with Gasteiger partial charge in [-0.05, 0) is 32.6 Å². The summed E-state index contributed by atoms with van der Waals surface area (Å²) in [6, 6.07) is 0. The van der Waals surface area contributed by atoms with Gasteiger partial charge in [-0.1, -0.05) is 26.7 Å². The zero-order chi connectivity index (χ0) is 12.9. The van der Waals surface area contributed by atoms with Crippen LogP contribution in [0, 0.1) is 5.92 Å². The summed E-state index contributed by atoms with van der Waals surface area (Å²) in [6.07, 6.45) is 5.03. The Morgan fingerprint density at radius 2 is 2.00 bits per heavy atom. The van der Waals surface area contributed by atoms with Crippen molar-refractivity contribution in [2.75, 3.05) is 13.1 Å². The molecule has 3 heteroatoms. The second-order valence-corrected chi connectivity index (χ2v) is 6.35. The van der Waals surface area contributed by atoms with E-state index in [0.29, 0.717) is 12.0 Å². The third-order valence-corrected chi connectivity index (χ3v) is 4.34. The molecule has 1 rings (SSSR count). The fourth-order valence-corrected chi connectivity index (χ4v) is 3.04. The van der Waals surface area contributed by atoms with E-state index in [-0.39, 0.29) is 11.0 Å². The highest BCUT2D eigenvalue weighted by atomic mass is 35.5. The van der Waals surface area contributed by atoms with Crippen LogP contribution in [0.5, 0.6) is 0 Å². The zero-order valence-corrected chi connectivity index (χ0v) is 12.5. The van der Waals surface area contributed by atoms with Gasteiger partial charge in [0.25, 0.3) is 0 Å². The van der Waals surface area contributed by atoms with E-state index in [2.05, 4.69) is 33.0 Å². The van der Waals surface area contributed by atoms with E-state index in [1.165, 1.54) is 12.8 Å². The van der Waals surface area contributed by atoms with Crippen molar-refractivity contribution in [3.63, 3.8) is 0 Å². The van der Waals surface area contributed by atoms with Crippen LogP contribution in [0.4, 0.5) is 0 Å². The lowest BCUT2D eigenvalue weighted by molar-refractivity contribution is -0.0141. The maximum atomic E-state index is 6.39. The highest BCUT2D eigenvalue weighted by Gasteiger charge is 2.31. The molecule has 1 saturated heterocycles. The van der Waals surface area contributed by atoms with E-state index in [0.717, 1.165) is 25.9 Å². The minimum atomic E-state index is 0.0715. The van der Waals surface area contributed by atoms with Crippen molar-refractivity contribution >= 4 is 11.6 Å². The molecule has 0 saturated carbocycles. The van der Waals surface area contributed by atoms with Crippen LogP contribution >= 0.6 is 11.6 Å². The molecular formula is C14H28ClNO. The van der Waals surface area contributed by atoms with Crippen LogP contribution in [-0.2, 0) is 4.74 Å². The molecule has 102 valence electrons. The van der Waals surface area contributed by atoms with Crippen molar-refractivity contribution < 1.29 is 4.74 Å². The predicted molar refractivity (Wildman–Crippen MR) is 74.8 cm³/mol. The van der Waals surface area contributed by atoms with E-state index < -0.39 is 0 Å². The summed E-state index contributed by atoms with van der Waals surface area (Å²) in [5, 5.41) is 3.71. The topological polar surface area (TPSA) is 21.3 Å². The lowest BCUT2D eigenvalue weighted by atomic mass is 9.99. The molecule has 0 spiro atoms. The van der Waals surface area contributed by atoms with Crippen LogP contribution in [0.15, 0.2) is 0 Å². The molecule has 2 unspecified atom stereocenters. The monoisotopic (exact) mass is 261 g/mol. The van der Waals surface area contributed by atoms with Gasteiger partial charge in [0.1, 0.15) is 0 Å². The minimum absolute atomic E-state index is 0.0715. The van der Waals surface area contributed by atoms with Crippen LogP contribution in [-0.4, -0.2) is 30.2 Å². The normalized spacial score (nSPS) is 25.4. The number of ether oxygens (including phenoxy) is 1. The van der Waals surface area contributed by atoms with Gasteiger partial charge in [0, 0.05) is 18.5 Å². The summed E-state index contributed by atoms with van der Waals surface area (Å²) in [5.41, 5.74) is 0.0715. The van der Waals surface area contributed by atoms with Gasteiger partial charge < -0.3 is 10.1 Å². The number of rotatable bonds is 7. The second-order valence-electron chi connectivity index (χ2n) is 5.79. The van der Waals surface area contributed by atoms with Gasteiger partial charge in [-0.25, -0.2) is 0 Å². The smallest absolute Gasteiger partial charge is 0.0707 e. The molecule has 2 atom stereocenters. The first-order valence-electron chi connectivity index (χ1n) is 7.01. The highest BCUT2D eigenvalue weighted by Crippen LogP contribution is 2.28. The molecule has 0 amide bonds. The summed E-state index contributed by atoms with van der Waals surface area (Å²) >= 11 is 6.39. The SMILES string of the molecule is CCC(CC)C(Cl)CNCC1CCC(C)(C)O1. The van der Waals surface area contributed by atoms with Crippen molar-refractivity contribution in [2.45, 2.75) is 70.5 Å². The third-order valence-electron chi connectivity index (χ3n) is 3.83. The van der Waals surface area contributed by atoms with Gasteiger partial charge in [-0.3, -0.25) is 0 Å². The van der Waals surface area contributed by atoms with Crippen molar-refractivity contribution in [1.82, 2.24) is 5.32 Å². The molecule has 1 N–H and O–H groups in total. The van der Waals surface area contributed by atoms with E-state index in [4.69, 9.17) is 16.3 Å². The molecule has 0 aliphatic carbocycles. The Kier molecular flexibility index (Phi) is 6.25. The first-order chi connectivity index (χ1) is 7.98. The summed E-state index contributed by atoms with van der Waals surface area (Å²) < 4.78 is 5.94. The number of alkyl halides is 1. The van der Waals surface area contributed by atoms with Crippen LogP contribution in [0.1, 0.15) is 53.4 Å². The standard InChI is InChI=1S/C14H28ClNO/c1-5-11(6-2)13(15)10-16-9-12-7-8-14(3,4)17-12/h11-13,16H,5-10H2,1-4H3. The molecule has 0 radical (unpaired) electrons. The lowest BCUT2D eigenvalue weighted by Gasteiger charge is -2.22. The van der Waals surface area contributed by atoms with Crippen LogP contribution in [0.25, 0.3) is 0 Å². The van der Waals surface area contributed by atoms with E-state index in [9.17, 15) is 0 Å². The number of nitrogens with one attached hydrogen (secondary N) is 1. The molecule has 0 aromatic rings. The van der Waals surface area contributed by atoms with Crippen LogP contribution in [0.2, 0.25) is 0 Å². The minimum Gasteiger partial charge on any atom is -0.371 e. The van der Waals surface area contributed by atoms with Gasteiger partial charge in [-0.15, -0.1) is 11.6 Å². The molecule has 2 nitrogen and oxygen atoms in total. The maximum absolute atomic E-state index is 6.39. The Balaban J connectivity index is 2.16. The van der Waals surface area contributed by atoms with E-state index >= 15 is 0 Å². The lowest BCUT2D eigenvalue weighted by Crippen LogP contribution is -2.35. The molecule has 1 aliphatic rings. The van der Waals surface area contributed by atoms with Crippen molar-refractivity contribution in [3.8, 4) is 0 Å². The fraction of sp³-hybridized carbons (Fsp3) is 1.00. The van der Waals surface area contributed by atoms with Gasteiger partial charge >= 0.3 is 0 Å². The number of halogens is 1. The Bertz CT molecular complexity index is 214. The molecule has 0 aromatic carbocycles. The number of hydrogen-bond donors (Lipinski definition) is 1. The average molecular weight is 262 g/mol. The van der Waals surface area contributed by atoms with Crippen molar-refractivity contribution in [1.29, 1.82) is 0 Å². The first kappa shape index (κ1) is 15.3. The third kappa shape index (κ3) is 5.15. The fourth-order valence-electron chi connectivity index (χ4n) is 2.57. The molecule has 0 bridgehead atoms. The molecule has 17 heavy (non-hydrogen) atoms. The number of hydrogen-bond acceptors (Lipinski definition) is 2.